The zero-order chi connectivity index (χ0) is 38.6. The molecule has 0 heterocycles. The van der Waals surface area contributed by atoms with E-state index in [-0.39, 0.29) is 0 Å². The summed E-state index contributed by atoms with van der Waals surface area (Å²) in [6, 6.07) is 8.79. The molecule has 52 heavy (non-hydrogen) atoms. The van der Waals surface area contributed by atoms with Gasteiger partial charge in [-0.05, 0) is 17.4 Å². The monoisotopic (exact) mass is 744 g/mol. The van der Waals surface area contributed by atoms with Crippen LogP contribution in [0.1, 0.15) is 20.3 Å². The van der Waals surface area contributed by atoms with Gasteiger partial charge in [0.25, 0.3) is 5.91 Å². The van der Waals surface area contributed by atoms with Crippen molar-refractivity contribution in [2.45, 2.75) is 32.4 Å². The van der Waals surface area contributed by atoms with Gasteiger partial charge in [0.1, 0.15) is 24.4 Å². The first-order valence-corrected chi connectivity index (χ1v) is 14.9. The summed E-state index contributed by atoms with van der Waals surface area (Å²) in [5.74, 6) is -31.6. The molecule has 0 radical (unpaired) electrons. The van der Waals surface area contributed by atoms with E-state index in [1.807, 2.05) is 12.1 Å². The maximum Gasteiger partial charge on any atom is 0.305 e. The molecule has 4 aromatic rings. The second kappa shape index (κ2) is 16.0. The summed E-state index contributed by atoms with van der Waals surface area (Å²) >= 11 is 0. The number of carbonyl (C=O) groups excluding carboxylic acids is 3. The summed E-state index contributed by atoms with van der Waals surface area (Å²) in [4.78, 5) is 50.2. The average molecular weight is 745 g/mol. The molecule has 4 rings (SSSR count). The number of hydrogen-bond donors (Lipinski definition) is 3. The zero-order valence-electron chi connectivity index (χ0n) is 26.7. The first-order chi connectivity index (χ1) is 24.5. The molecule has 276 valence electrons. The molecular weight excluding hydrogens is 719 g/mol. The Hall–Kier alpha value is -5.81. The van der Waals surface area contributed by atoms with E-state index in [0.717, 1.165) is 5.39 Å². The summed E-state index contributed by atoms with van der Waals surface area (Å²) < 4.78 is 139. The third-order valence-electron chi connectivity index (χ3n) is 7.50. The van der Waals surface area contributed by atoms with Gasteiger partial charge in [0.15, 0.2) is 53.0 Å². The molecule has 0 aromatic heterocycles. The normalized spacial score (nSPS) is 12.4. The van der Waals surface area contributed by atoms with Crippen LogP contribution in [0.5, 0.6) is 11.5 Å². The van der Waals surface area contributed by atoms with Gasteiger partial charge >= 0.3 is 5.97 Å². The highest BCUT2D eigenvalue weighted by atomic mass is 19.2. The van der Waals surface area contributed by atoms with Crippen LogP contribution in [0.3, 0.4) is 0 Å². The molecule has 4 aromatic carbocycles. The van der Waals surface area contributed by atoms with Gasteiger partial charge in [0.05, 0.1) is 17.5 Å². The van der Waals surface area contributed by atoms with Gasteiger partial charge in [0, 0.05) is 5.39 Å². The molecule has 0 bridgehead atoms. The van der Waals surface area contributed by atoms with E-state index < -0.39 is 130 Å². The highest BCUT2D eigenvalue weighted by Crippen LogP contribution is 2.40. The van der Waals surface area contributed by atoms with Crippen molar-refractivity contribution < 1.29 is 73.3 Å². The number of aliphatic carboxylic acids is 1. The second-order valence-corrected chi connectivity index (χ2v) is 11.4. The average Bonchev–Trinajstić information content (AvgIpc) is 3.10. The third kappa shape index (κ3) is 8.05. The Balaban J connectivity index is 1.50. The lowest BCUT2D eigenvalue weighted by atomic mass is 10.0. The number of carboxylic acid groups (broad SMARTS) is 1. The van der Waals surface area contributed by atoms with E-state index in [2.05, 4.69) is 15.4 Å². The van der Waals surface area contributed by atoms with Crippen molar-refractivity contribution in [3.8, 4) is 22.6 Å². The molecule has 3 N–H and O–H groups in total. The number of ketones is 1. The minimum absolute atomic E-state index is 0.353. The number of Topliss-reactive ketones (excluding diaryl/α,β-unsaturated/α-hetero) is 1. The van der Waals surface area contributed by atoms with Crippen molar-refractivity contribution in [1.82, 2.24) is 10.6 Å². The first-order valence-electron chi connectivity index (χ1n) is 14.9. The summed E-state index contributed by atoms with van der Waals surface area (Å²) in [5, 5.41) is 15.2. The predicted molar refractivity (Wildman–Crippen MR) is 162 cm³/mol. The minimum Gasteiger partial charge on any atom is -0.483 e. The van der Waals surface area contributed by atoms with Gasteiger partial charge in [-0.2, -0.15) is 8.78 Å². The number of carboxylic acids is 1. The number of carbonyl (C=O) groups is 4. The van der Waals surface area contributed by atoms with E-state index in [9.17, 15) is 63.8 Å². The van der Waals surface area contributed by atoms with E-state index in [0.29, 0.717) is 11.1 Å². The van der Waals surface area contributed by atoms with Crippen molar-refractivity contribution in [2.24, 2.45) is 5.92 Å². The molecule has 2 atom stereocenters. The smallest absolute Gasteiger partial charge is 0.305 e. The van der Waals surface area contributed by atoms with Crippen LogP contribution in [0.4, 0.5) is 39.5 Å². The molecule has 9 nitrogen and oxygen atoms in total. The van der Waals surface area contributed by atoms with Crippen LogP contribution in [0, 0.1) is 58.3 Å². The molecule has 2 amide bonds. The van der Waals surface area contributed by atoms with E-state index in [1.54, 1.807) is 30.3 Å². The van der Waals surface area contributed by atoms with Crippen LogP contribution in [0.2, 0.25) is 0 Å². The number of ether oxygens (including phenoxy) is 2. The molecular formula is C34H25F9N2O7. The lowest BCUT2D eigenvalue weighted by Gasteiger charge is -2.24. The van der Waals surface area contributed by atoms with Gasteiger partial charge < -0.3 is 25.2 Å². The molecule has 0 aliphatic heterocycles. The third-order valence-corrected chi connectivity index (χ3v) is 7.50. The highest BCUT2D eigenvalue weighted by Gasteiger charge is 2.36. The molecule has 0 unspecified atom stereocenters. The predicted octanol–water partition coefficient (Wildman–Crippen LogP) is 5.89. The van der Waals surface area contributed by atoms with Crippen LogP contribution >= 0.6 is 0 Å². The molecule has 0 aliphatic carbocycles. The Kier molecular flexibility index (Phi) is 12.0. The van der Waals surface area contributed by atoms with Crippen LogP contribution < -0.4 is 20.1 Å². The summed E-state index contributed by atoms with van der Waals surface area (Å²) in [7, 11) is 0. The fourth-order valence-corrected chi connectivity index (χ4v) is 4.92. The largest absolute Gasteiger partial charge is 0.483 e. The van der Waals surface area contributed by atoms with Gasteiger partial charge in [-0.25, -0.2) is 30.7 Å². The second-order valence-electron chi connectivity index (χ2n) is 11.4. The summed E-state index contributed by atoms with van der Waals surface area (Å²) in [6.07, 6.45) is -1.16. The van der Waals surface area contributed by atoms with Gasteiger partial charge in [-0.3, -0.25) is 19.2 Å². The fraction of sp³-hybridized carbons (Fsp3) is 0.235. The number of hydrogen-bond acceptors (Lipinski definition) is 6. The van der Waals surface area contributed by atoms with Gasteiger partial charge in [0.2, 0.25) is 23.4 Å². The van der Waals surface area contributed by atoms with Crippen LogP contribution in [0.15, 0.2) is 42.5 Å². The molecule has 0 spiro atoms. The fourth-order valence-electron chi connectivity index (χ4n) is 4.92. The number of benzene rings is 4. The Morgan fingerprint density at radius 1 is 0.654 bits per heavy atom. The standard InChI is InChI=1S/C34H25F9N2O7/c1-13(2)32(45-19(47)12-51-18-9-5-7-14-6-3-4-8-15(14)18)34(50)44-16(10-20(48)49)17(46)11-52-33-30(42)25(37)22(26(38)31(33)43)21-23(35)27(39)29(41)28(40)24(21)36/h3-9,13,16,32H,10-12H2,1-2H3,(H,44,50)(H,45,47)(H,48,49)/t16-,32-/m0/s1. The zero-order valence-corrected chi connectivity index (χ0v) is 26.7. The molecule has 0 saturated heterocycles. The number of nitrogens with one attached hydrogen (secondary N) is 2. The Labute approximate surface area is 287 Å². The van der Waals surface area contributed by atoms with Gasteiger partial charge in [-0.1, -0.05) is 50.2 Å². The maximum absolute atomic E-state index is 14.8. The molecule has 0 saturated carbocycles. The Morgan fingerprint density at radius 2 is 1.17 bits per heavy atom. The number of fused-ring (bicyclic) bond motifs is 1. The van der Waals surface area contributed by atoms with Crippen molar-refractivity contribution >= 4 is 34.3 Å². The maximum atomic E-state index is 14.8. The van der Waals surface area contributed by atoms with Gasteiger partial charge in [-0.15, -0.1) is 0 Å². The molecule has 18 heteroatoms. The van der Waals surface area contributed by atoms with E-state index >= 15 is 0 Å². The molecule has 0 fully saturated rings. The lowest BCUT2D eigenvalue weighted by Crippen LogP contribution is -2.55. The topological polar surface area (TPSA) is 131 Å². The number of amides is 2. The lowest BCUT2D eigenvalue weighted by molar-refractivity contribution is -0.141. The quantitative estimate of drug-likeness (QED) is 0.0835. The van der Waals surface area contributed by atoms with Crippen molar-refractivity contribution in [3.05, 3.63) is 94.8 Å². The van der Waals surface area contributed by atoms with Crippen LogP contribution in [0.25, 0.3) is 21.9 Å². The van der Waals surface area contributed by atoms with Crippen LogP contribution in [-0.2, 0) is 19.2 Å². The summed E-state index contributed by atoms with van der Waals surface area (Å²) in [6.45, 7) is 0.823. The van der Waals surface area contributed by atoms with Crippen LogP contribution in [-0.4, -0.2) is 54.0 Å². The minimum atomic E-state index is -2.76. The van der Waals surface area contributed by atoms with Crippen molar-refractivity contribution in [3.63, 3.8) is 0 Å². The molecule has 0 aliphatic rings. The van der Waals surface area contributed by atoms with E-state index in [1.165, 1.54) is 13.8 Å². The van der Waals surface area contributed by atoms with Crippen molar-refractivity contribution in [2.75, 3.05) is 13.2 Å². The number of rotatable bonds is 14. The summed E-state index contributed by atoms with van der Waals surface area (Å²) in [5.41, 5.74) is -4.68. The Bertz CT molecular complexity index is 2010. The SMILES string of the molecule is CC(C)[C@H](NC(=O)COc1cccc2ccccc12)C(=O)N[C@@H](CC(=O)O)C(=O)COc1c(F)c(F)c(-c2c(F)c(F)c(F)c(F)c2F)c(F)c1F. The first kappa shape index (κ1) is 39.0. The van der Waals surface area contributed by atoms with E-state index in [4.69, 9.17) is 4.74 Å². The number of halogens is 9. The van der Waals surface area contributed by atoms with Crippen molar-refractivity contribution in [1.29, 1.82) is 0 Å². The Morgan fingerprint density at radius 3 is 1.73 bits per heavy atom. The highest BCUT2D eigenvalue weighted by molar-refractivity contribution is 5.95.